The van der Waals surface area contributed by atoms with E-state index < -0.39 is 0 Å². The Balaban J connectivity index is 1.44. The number of fused-ring (bicyclic) bond motifs is 1. The lowest BCUT2D eigenvalue weighted by atomic mass is 9.97. The van der Waals surface area contributed by atoms with Crippen LogP contribution in [0, 0.1) is 5.92 Å². The molecule has 1 aromatic carbocycles. The van der Waals surface area contributed by atoms with Crippen molar-refractivity contribution < 1.29 is 4.79 Å². The molecule has 1 atom stereocenters. The predicted octanol–water partition coefficient (Wildman–Crippen LogP) is 4.58. The van der Waals surface area contributed by atoms with Crippen LogP contribution >= 0.6 is 11.3 Å². The Hall–Kier alpha value is -1.42. The van der Waals surface area contributed by atoms with Gasteiger partial charge in [-0.15, -0.1) is 11.3 Å². The number of carbonyl (C=O) groups excluding carboxylic acids is 1. The van der Waals surface area contributed by atoms with Gasteiger partial charge >= 0.3 is 0 Å². The number of thiazole rings is 1. The fourth-order valence-corrected chi connectivity index (χ4v) is 5.15. The number of rotatable bonds is 3. The van der Waals surface area contributed by atoms with E-state index in [2.05, 4.69) is 23.1 Å². The molecule has 1 unspecified atom stereocenters. The third-order valence-electron chi connectivity index (χ3n) is 5.37. The van der Waals surface area contributed by atoms with Crippen LogP contribution in [-0.2, 0) is 4.79 Å². The Labute approximate surface area is 141 Å². The number of benzene rings is 1. The maximum absolute atomic E-state index is 12.6. The number of carbonyl (C=O) groups is 1. The summed E-state index contributed by atoms with van der Waals surface area (Å²) < 4.78 is 1.26. The van der Waals surface area contributed by atoms with E-state index in [-0.39, 0.29) is 0 Å². The highest BCUT2D eigenvalue weighted by Gasteiger charge is 2.28. The number of likely N-dealkylation sites (tertiary alicyclic amines) is 1. The van der Waals surface area contributed by atoms with Crippen LogP contribution in [0.5, 0.6) is 0 Å². The van der Waals surface area contributed by atoms with Gasteiger partial charge in [-0.1, -0.05) is 25.0 Å². The summed E-state index contributed by atoms with van der Waals surface area (Å²) >= 11 is 1.80. The van der Waals surface area contributed by atoms with Crippen molar-refractivity contribution >= 4 is 27.5 Å². The number of hydrogen-bond acceptors (Lipinski definition) is 3. The van der Waals surface area contributed by atoms with E-state index in [0.717, 1.165) is 37.9 Å². The number of hydrogen-bond donors (Lipinski definition) is 0. The molecule has 1 saturated carbocycles. The van der Waals surface area contributed by atoms with Crippen molar-refractivity contribution in [3.63, 3.8) is 0 Å². The maximum atomic E-state index is 12.6. The molecule has 2 aliphatic rings. The van der Waals surface area contributed by atoms with Crippen LogP contribution in [0.15, 0.2) is 24.3 Å². The molecule has 0 N–H and O–H groups in total. The molecule has 2 aromatic rings. The highest BCUT2D eigenvalue weighted by Crippen LogP contribution is 2.34. The van der Waals surface area contributed by atoms with Gasteiger partial charge < -0.3 is 4.90 Å². The number of para-hydroxylation sites is 1. The molecule has 1 saturated heterocycles. The first-order chi connectivity index (χ1) is 11.3. The van der Waals surface area contributed by atoms with Crippen LogP contribution in [0.2, 0.25) is 0 Å². The maximum Gasteiger partial charge on any atom is 0.222 e. The second-order valence-electron chi connectivity index (χ2n) is 7.05. The smallest absolute Gasteiger partial charge is 0.222 e. The van der Waals surface area contributed by atoms with E-state index in [1.54, 1.807) is 11.3 Å². The van der Waals surface area contributed by atoms with Gasteiger partial charge in [0.25, 0.3) is 0 Å². The Morgan fingerprint density at radius 1 is 1.17 bits per heavy atom. The van der Waals surface area contributed by atoms with Gasteiger partial charge in [-0.25, -0.2) is 4.98 Å². The monoisotopic (exact) mass is 328 g/mol. The fraction of sp³-hybridized carbons (Fsp3) is 0.579. The van der Waals surface area contributed by atoms with Crippen molar-refractivity contribution in [1.29, 1.82) is 0 Å². The molecular formula is C19H24N2OS. The molecule has 1 aliphatic heterocycles. The highest BCUT2D eigenvalue weighted by atomic mass is 32.1. The van der Waals surface area contributed by atoms with Crippen molar-refractivity contribution in [2.45, 2.75) is 50.9 Å². The summed E-state index contributed by atoms with van der Waals surface area (Å²) in [5.41, 5.74) is 1.10. The van der Waals surface area contributed by atoms with E-state index >= 15 is 0 Å². The van der Waals surface area contributed by atoms with Gasteiger partial charge in [0.2, 0.25) is 5.91 Å². The largest absolute Gasteiger partial charge is 0.342 e. The molecule has 1 amide bonds. The molecule has 23 heavy (non-hydrogen) atoms. The zero-order valence-electron chi connectivity index (χ0n) is 13.5. The summed E-state index contributed by atoms with van der Waals surface area (Å²) in [5, 5.41) is 1.21. The molecule has 0 bridgehead atoms. The fourth-order valence-electron chi connectivity index (χ4n) is 4.06. The quantitative estimate of drug-likeness (QED) is 0.826. The van der Waals surface area contributed by atoms with Crippen molar-refractivity contribution in [2.75, 3.05) is 13.1 Å². The molecule has 0 spiro atoms. The third kappa shape index (κ3) is 3.27. The minimum atomic E-state index is 0.378. The van der Waals surface area contributed by atoms with Gasteiger partial charge in [-0.05, 0) is 43.7 Å². The lowest BCUT2D eigenvalue weighted by Crippen LogP contribution is -2.39. The van der Waals surface area contributed by atoms with E-state index in [1.807, 2.05) is 6.07 Å². The second-order valence-corrected chi connectivity index (χ2v) is 8.12. The van der Waals surface area contributed by atoms with Gasteiger partial charge in [0.05, 0.1) is 15.2 Å². The van der Waals surface area contributed by atoms with Crippen molar-refractivity contribution in [3.05, 3.63) is 29.3 Å². The highest BCUT2D eigenvalue weighted by molar-refractivity contribution is 7.18. The molecule has 0 radical (unpaired) electrons. The van der Waals surface area contributed by atoms with E-state index in [1.165, 1.54) is 35.4 Å². The van der Waals surface area contributed by atoms with Gasteiger partial charge in [0.15, 0.2) is 0 Å². The van der Waals surface area contributed by atoms with Crippen LogP contribution in [0.4, 0.5) is 0 Å². The Kier molecular flexibility index (Phi) is 4.34. The first-order valence-corrected chi connectivity index (χ1v) is 9.74. The molecule has 2 heterocycles. The van der Waals surface area contributed by atoms with Gasteiger partial charge in [0, 0.05) is 25.4 Å². The first kappa shape index (κ1) is 15.1. The molecule has 2 fully saturated rings. The molecule has 4 rings (SSSR count). The van der Waals surface area contributed by atoms with E-state index in [9.17, 15) is 4.79 Å². The number of amides is 1. The summed E-state index contributed by atoms with van der Waals surface area (Å²) in [6, 6.07) is 8.34. The number of piperidine rings is 1. The zero-order valence-corrected chi connectivity index (χ0v) is 14.4. The minimum Gasteiger partial charge on any atom is -0.342 e. The normalized spacial score (nSPS) is 22.8. The van der Waals surface area contributed by atoms with Crippen molar-refractivity contribution in [3.8, 4) is 0 Å². The zero-order chi connectivity index (χ0) is 15.6. The average Bonchev–Trinajstić information content (AvgIpc) is 3.24. The first-order valence-electron chi connectivity index (χ1n) is 8.93. The number of nitrogens with zero attached hydrogens (tertiary/aromatic N) is 2. The predicted molar refractivity (Wildman–Crippen MR) is 94.8 cm³/mol. The topological polar surface area (TPSA) is 33.2 Å². The summed E-state index contributed by atoms with van der Waals surface area (Å²) in [5.74, 6) is 1.45. The van der Waals surface area contributed by atoms with Crippen LogP contribution < -0.4 is 0 Å². The van der Waals surface area contributed by atoms with E-state index in [0.29, 0.717) is 17.7 Å². The second kappa shape index (κ2) is 6.60. The lowest BCUT2D eigenvalue weighted by molar-refractivity contribution is -0.133. The van der Waals surface area contributed by atoms with Gasteiger partial charge in [-0.3, -0.25) is 4.79 Å². The molecule has 122 valence electrons. The van der Waals surface area contributed by atoms with Gasteiger partial charge in [-0.2, -0.15) is 0 Å². The summed E-state index contributed by atoms with van der Waals surface area (Å²) in [6.45, 7) is 1.80. The molecule has 1 aromatic heterocycles. The molecular weight excluding hydrogens is 304 g/mol. The molecule has 1 aliphatic carbocycles. The summed E-state index contributed by atoms with van der Waals surface area (Å²) in [6.07, 6.45) is 8.16. The average molecular weight is 328 g/mol. The Bertz CT molecular complexity index is 656. The Morgan fingerprint density at radius 2 is 2.00 bits per heavy atom. The summed E-state index contributed by atoms with van der Waals surface area (Å²) in [7, 11) is 0. The Morgan fingerprint density at radius 3 is 2.83 bits per heavy atom. The van der Waals surface area contributed by atoms with Crippen LogP contribution in [-0.4, -0.2) is 28.9 Å². The van der Waals surface area contributed by atoms with Crippen LogP contribution in [0.3, 0.4) is 0 Å². The van der Waals surface area contributed by atoms with Crippen molar-refractivity contribution in [1.82, 2.24) is 9.88 Å². The van der Waals surface area contributed by atoms with Crippen LogP contribution in [0.1, 0.15) is 55.9 Å². The van der Waals surface area contributed by atoms with Crippen LogP contribution in [0.25, 0.3) is 10.2 Å². The molecule has 4 heteroatoms. The van der Waals surface area contributed by atoms with E-state index in [4.69, 9.17) is 4.98 Å². The minimum absolute atomic E-state index is 0.378. The third-order valence-corrected chi connectivity index (χ3v) is 6.57. The van der Waals surface area contributed by atoms with Gasteiger partial charge in [0.1, 0.15) is 0 Å². The molecule has 3 nitrogen and oxygen atoms in total. The standard InChI is InChI=1S/C19H24N2OS/c22-18(12-14-6-1-2-7-14)21-11-5-8-15(13-21)19-20-16-9-3-4-10-17(16)23-19/h3-4,9-10,14-15H,1-2,5-8,11-13H2. The lowest BCUT2D eigenvalue weighted by Gasteiger charge is -2.32. The van der Waals surface area contributed by atoms with Crippen molar-refractivity contribution in [2.24, 2.45) is 5.92 Å². The number of aromatic nitrogens is 1. The summed E-state index contributed by atoms with van der Waals surface area (Å²) in [4.78, 5) is 19.5. The SMILES string of the molecule is O=C(CC1CCCC1)N1CCCC(c2nc3ccccc3s2)C1.